The van der Waals surface area contributed by atoms with Crippen molar-refractivity contribution in [1.29, 1.82) is 0 Å². The van der Waals surface area contributed by atoms with Crippen LogP contribution in [0.25, 0.3) is 0 Å². The Hall–Kier alpha value is -0.170. The van der Waals surface area contributed by atoms with Crippen molar-refractivity contribution in [1.82, 2.24) is 9.62 Å². The van der Waals surface area contributed by atoms with Gasteiger partial charge in [-0.15, -0.1) is 11.3 Å². The average Bonchev–Trinajstić information content (AvgIpc) is 2.95. The lowest BCUT2D eigenvalue weighted by molar-refractivity contribution is 0.345. The second kappa shape index (κ2) is 8.02. The van der Waals surface area contributed by atoms with Crippen molar-refractivity contribution in [3.8, 4) is 0 Å². The van der Waals surface area contributed by atoms with Gasteiger partial charge in [0.1, 0.15) is 8.42 Å². The first kappa shape index (κ1) is 20.1. The minimum Gasteiger partial charge on any atom is -0.309 e. The van der Waals surface area contributed by atoms with Gasteiger partial charge >= 0.3 is 0 Å². The van der Waals surface area contributed by atoms with E-state index in [2.05, 4.69) is 12.2 Å². The summed E-state index contributed by atoms with van der Waals surface area (Å²) in [6, 6.07) is 1.17. The Bertz CT molecular complexity index is 773. The van der Waals surface area contributed by atoms with E-state index < -0.39 is 20.0 Å². The minimum atomic E-state index is -3.92. The summed E-state index contributed by atoms with van der Waals surface area (Å²) in [5, 5.41) is 8.41. The van der Waals surface area contributed by atoms with Crippen LogP contribution in [0.3, 0.4) is 0 Å². The first-order valence-corrected chi connectivity index (χ1v) is 12.6. The maximum Gasteiger partial charge on any atom is 0.252 e. The van der Waals surface area contributed by atoms with Gasteiger partial charge in [-0.2, -0.15) is 16.1 Å². The zero-order valence-corrected chi connectivity index (χ0v) is 17.0. The average molecular weight is 414 g/mol. The summed E-state index contributed by atoms with van der Waals surface area (Å²) in [7, 11) is -7.60. The van der Waals surface area contributed by atoms with E-state index in [0.29, 0.717) is 25.2 Å². The molecule has 0 radical (unpaired) electrons. The van der Waals surface area contributed by atoms with E-state index in [1.807, 2.05) is 6.92 Å². The van der Waals surface area contributed by atoms with Crippen molar-refractivity contribution < 1.29 is 16.8 Å². The number of hydrogen-bond donors (Lipinski definition) is 2. The van der Waals surface area contributed by atoms with Crippen molar-refractivity contribution in [2.45, 2.75) is 34.7 Å². The number of nitrogens with zero attached hydrogens (tertiary/aromatic N) is 1. The number of sulfonamides is 2. The SMILES string of the molecule is CCNC1CN(CCCSCC)S(=O)(=O)c2sc(S(N)(=O)=O)cc21. The molecule has 0 aromatic carbocycles. The fourth-order valence-corrected chi connectivity index (χ4v) is 7.52. The molecule has 0 saturated heterocycles. The number of thioether (sulfide) groups is 1. The molecule has 0 amide bonds. The summed E-state index contributed by atoms with van der Waals surface area (Å²) in [5.41, 5.74) is 0.505. The first-order valence-electron chi connectivity index (χ1n) is 7.69. The number of primary sulfonamides is 1. The van der Waals surface area contributed by atoms with E-state index >= 15 is 0 Å². The van der Waals surface area contributed by atoms with Crippen LogP contribution in [0.1, 0.15) is 31.9 Å². The molecule has 2 rings (SSSR count). The summed E-state index contributed by atoms with van der Waals surface area (Å²) in [4.78, 5) is 0. The Morgan fingerprint density at radius 2 is 2.17 bits per heavy atom. The molecule has 1 aliphatic heterocycles. The van der Waals surface area contributed by atoms with Gasteiger partial charge in [-0.1, -0.05) is 13.8 Å². The zero-order valence-electron chi connectivity index (χ0n) is 13.7. The van der Waals surface area contributed by atoms with E-state index in [0.717, 1.165) is 29.3 Å². The lowest BCUT2D eigenvalue weighted by Gasteiger charge is -2.32. The van der Waals surface area contributed by atoms with Crippen LogP contribution in [0.15, 0.2) is 14.5 Å². The highest BCUT2D eigenvalue weighted by molar-refractivity contribution is 7.99. The third-order valence-corrected chi connectivity index (χ3v) is 9.62. The maximum atomic E-state index is 12.8. The molecule has 1 aromatic heterocycles. The van der Waals surface area contributed by atoms with Gasteiger partial charge in [0.25, 0.3) is 10.0 Å². The van der Waals surface area contributed by atoms with Crippen LogP contribution < -0.4 is 10.5 Å². The third-order valence-electron chi connectivity index (χ3n) is 3.67. The minimum absolute atomic E-state index is 0.0897. The number of nitrogens with two attached hydrogens (primary N) is 1. The molecule has 1 atom stereocenters. The lowest BCUT2D eigenvalue weighted by atomic mass is 10.1. The summed E-state index contributed by atoms with van der Waals surface area (Å²) in [5.74, 6) is 1.90. The van der Waals surface area contributed by atoms with E-state index in [1.54, 1.807) is 11.8 Å². The van der Waals surface area contributed by atoms with Crippen molar-refractivity contribution in [3.05, 3.63) is 11.6 Å². The Balaban J connectivity index is 2.36. The van der Waals surface area contributed by atoms with Gasteiger partial charge in [-0.3, -0.25) is 0 Å². The van der Waals surface area contributed by atoms with Crippen molar-refractivity contribution in [2.24, 2.45) is 5.14 Å². The Labute approximate surface area is 152 Å². The molecule has 1 aromatic rings. The second-order valence-electron chi connectivity index (χ2n) is 5.38. The molecule has 0 bridgehead atoms. The lowest BCUT2D eigenvalue weighted by Crippen LogP contribution is -2.43. The predicted molar refractivity (Wildman–Crippen MR) is 98.5 cm³/mol. The van der Waals surface area contributed by atoms with Gasteiger partial charge in [0, 0.05) is 24.7 Å². The second-order valence-corrected chi connectivity index (χ2v) is 11.7. The van der Waals surface area contributed by atoms with Gasteiger partial charge in [-0.05, 0) is 30.5 Å². The van der Waals surface area contributed by atoms with Crippen molar-refractivity contribution >= 4 is 43.1 Å². The van der Waals surface area contributed by atoms with E-state index in [9.17, 15) is 16.8 Å². The van der Waals surface area contributed by atoms with Gasteiger partial charge < -0.3 is 5.32 Å². The molecule has 7 nitrogen and oxygen atoms in total. The Morgan fingerprint density at radius 1 is 1.46 bits per heavy atom. The summed E-state index contributed by atoms with van der Waals surface area (Å²) in [6.07, 6.45) is 0.763. The number of thiophene rings is 1. The fourth-order valence-electron chi connectivity index (χ4n) is 2.59. The van der Waals surface area contributed by atoms with E-state index in [-0.39, 0.29) is 14.5 Å². The van der Waals surface area contributed by atoms with Crippen LogP contribution in [-0.4, -0.2) is 52.3 Å². The van der Waals surface area contributed by atoms with Gasteiger partial charge in [0.05, 0.1) is 0 Å². The summed E-state index contributed by atoms with van der Waals surface area (Å²) < 4.78 is 50.3. The summed E-state index contributed by atoms with van der Waals surface area (Å²) >= 11 is 2.51. The quantitative estimate of drug-likeness (QED) is 0.620. The number of rotatable bonds is 8. The molecule has 0 saturated carbocycles. The van der Waals surface area contributed by atoms with Crippen LogP contribution >= 0.6 is 23.1 Å². The molecule has 1 unspecified atom stereocenters. The molecule has 24 heavy (non-hydrogen) atoms. The maximum absolute atomic E-state index is 12.8. The number of fused-ring (bicyclic) bond motifs is 1. The summed E-state index contributed by atoms with van der Waals surface area (Å²) in [6.45, 7) is 5.39. The third kappa shape index (κ3) is 4.32. The van der Waals surface area contributed by atoms with Gasteiger partial charge in [0.15, 0.2) is 0 Å². The van der Waals surface area contributed by atoms with Crippen LogP contribution in [-0.2, 0) is 20.0 Å². The molecular weight excluding hydrogens is 390 g/mol. The van der Waals surface area contributed by atoms with E-state index in [1.165, 1.54) is 10.4 Å². The zero-order chi connectivity index (χ0) is 18.0. The highest BCUT2D eigenvalue weighted by Crippen LogP contribution is 2.39. The van der Waals surface area contributed by atoms with Gasteiger partial charge in [-0.25, -0.2) is 22.0 Å². The smallest absolute Gasteiger partial charge is 0.252 e. The monoisotopic (exact) mass is 413 g/mol. The molecule has 0 spiro atoms. The topological polar surface area (TPSA) is 110 Å². The van der Waals surface area contributed by atoms with Crippen molar-refractivity contribution in [2.75, 3.05) is 31.1 Å². The fraction of sp³-hybridized carbons (Fsp3) is 0.692. The van der Waals surface area contributed by atoms with E-state index in [4.69, 9.17) is 5.14 Å². The van der Waals surface area contributed by atoms with Crippen LogP contribution in [0.5, 0.6) is 0 Å². The van der Waals surface area contributed by atoms with Crippen LogP contribution in [0.4, 0.5) is 0 Å². The molecule has 138 valence electrons. The standard InChI is InChI=1S/C13H23N3O4S4/c1-3-15-11-9-16(6-5-7-21-4-2)24(19,20)13-10(11)8-12(22-13)23(14,17)18/h8,11,15H,3-7,9H2,1-2H3,(H2,14,17,18). The van der Waals surface area contributed by atoms with Crippen LogP contribution in [0, 0.1) is 0 Å². The number of likely N-dealkylation sites (N-methyl/N-ethyl adjacent to an activating group) is 1. The molecule has 3 N–H and O–H groups in total. The number of nitrogens with one attached hydrogen (secondary N) is 1. The highest BCUT2D eigenvalue weighted by atomic mass is 32.3. The number of hydrogen-bond acceptors (Lipinski definition) is 7. The molecule has 2 heterocycles. The molecule has 0 fully saturated rings. The first-order chi connectivity index (χ1) is 11.2. The van der Waals surface area contributed by atoms with Crippen LogP contribution in [0.2, 0.25) is 0 Å². The normalized spacial score (nSPS) is 20.9. The molecule has 0 aliphatic carbocycles. The Morgan fingerprint density at radius 3 is 2.75 bits per heavy atom. The predicted octanol–water partition coefficient (Wildman–Crippen LogP) is 1.19. The van der Waals surface area contributed by atoms with Gasteiger partial charge in [0.2, 0.25) is 10.0 Å². The molecular formula is C13H23N3O4S4. The Kier molecular flexibility index (Phi) is 6.73. The molecule has 1 aliphatic rings. The largest absolute Gasteiger partial charge is 0.309 e. The molecule has 11 heteroatoms. The van der Waals surface area contributed by atoms with Crippen molar-refractivity contribution in [3.63, 3.8) is 0 Å². The highest BCUT2D eigenvalue weighted by Gasteiger charge is 2.39.